The Balaban J connectivity index is 2.55. The van der Waals surface area contributed by atoms with Gasteiger partial charge in [0.2, 0.25) is 0 Å². The molecule has 0 bridgehead atoms. The van der Waals surface area contributed by atoms with Crippen molar-refractivity contribution in [2.75, 3.05) is 0 Å². The summed E-state index contributed by atoms with van der Waals surface area (Å²) in [4.78, 5) is 0.121. The zero-order chi connectivity index (χ0) is 10.1. The summed E-state index contributed by atoms with van der Waals surface area (Å²) < 4.78 is 30.8. The Morgan fingerprint density at radius 1 is 1.21 bits per heavy atom. The van der Waals surface area contributed by atoms with Gasteiger partial charge in [0.1, 0.15) is 11.6 Å². The molecule has 14 heavy (non-hydrogen) atoms. The molecule has 1 aromatic carbocycles. The number of benzene rings is 1. The third-order valence-corrected chi connectivity index (χ3v) is 1.88. The molecule has 0 saturated carbocycles. The lowest BCUT2D eigenvalue weighted by Gasteiger charge is -1.96. The Bertz CT molecular complexity index is 472. The Labute approximate surface area is 85.9 Å². The van der Waals surface area contributed by atoms with E-state index in [0.717, 1.165) is 18.2 Å². The smallest absolute Gasteiger partial charge is 0.285 e. The molecule has 0 aliphatic carbocycles. The molecule has 0 saturated heterocycles. The molecule has 1 heterocycles. The van der Waals surface area contributed by atoms with Crippen molar-refractivity contribution in [3.05, 3.63) is 34.6 Å². The van der Waals surface area contributed by atoms with Crippen LogP contribution < -0.4 is 0 Å². The monoisotopic (exact) mass is 260 g/mol. The summed E-state index contributed by atoms with van der Waals surface area (Å²) in [5, 5.41) is 6.99. The van der Waals surface area contributed by atoms with Crippen molar-refractivity contribution in [3.8, 4) is 11.5 Å². The Morgan fingerprint density at radius 3 is 2.64 bits per heavy atom. The highest BCUT2D eigenvalue weighted by atomic mass is 79.9. The molecular weight excluding hydrogens is 258 g/mol. The first kappa shape index (κ1) is 9.26. The Hall–Kier alpha value is -1.30. The number of halogens is 3. The van der Waals surface area contributed by atoms with E-state index in [1.54, 1.807) is 0 Å². The Kier molecular flexibility index (Phi) is 2.28. The summed E-state index contributed by atoms with van der Waals surface area (Å²) in [5.41, 5.74) is -0.0526. The third-order valence-electron chi connectivity index (χ3n) is 1.56. The van der Waals surface area contributed by atoms with Gasteiger partial charge in [0.05, 0.1) is 5.56 Å². The van der Waals surface area contributed by atoms with Crippen molar-refractivity contribution in [1.29, 1.82) is 0 Å². The molecule has 0 fully saturated rings. The van der Waals surface area contributed by atoms with Crippen molar-refractivity contribution >= 4 is 15.9 Å². The molecule has 72 valence electrons. The predicted molar refractivity (Wildman–Crippen MR) is 47.4 cm³/mol. The predicted octanol–water partition coefficient (Wildman–Crippen LogP) is 2.78. The molecule has 0 aliphatic heterocycles. The lowest BCUT2D eigenvalue weighted by atomic mass is 10.2. The SMILES string of the molecule is Fc1ccc(F)c(-c2nnc(Br)o2)c1. The fourth-order valence-corrected chi connectivity index (χ4v) is 1.21. The number of hydrogen-bond donors (Lipinski definition) is 0. The van der Waals surface area contributed by atoms with Crippen LogP contribution in [0, 0.1) is 11.6 Å². The third kappa shape index (κ3) is 1.65. The number of aromatic nitrogens is 2. The minimum absolute atomic E-state index is 0.0526. The quantitative estimate of drug-likeness (QED) is 0.792. The maximum absolute atomic E-state index is 13.2. The maximum atomic E-state index is 13.2. The summed E-state index contributed by atoms with van der Waals surface area (Å²) in [6.45, 7) is 0. The van der Waals surface area contributed by atoms with Crippen LogP contribution in [0.25, 0.3) is 11.5 Å². The van der Waals surface area contributed by atoms with E-state index >= 15 is 0 Å². The maximum Gasteiger partial charge on any atom is 0.285 e. The molecule has 3 nitrogen and oxygen atoms in total. The Morgan fingerprint density at radius 2 is 2.00 bits per heavy atom. The van der Waals surface area contributed by atoms with Crippen molar-refractivity contribution in [2.24, 2.45) is 0 Å². The van der Waals surface area contributed by atoms with Crippen LogP contribution in [0.4, 0.5) is 8.78 Å². The van der Waals surface area contributed by atoms with Gasteiger partial charge in [-0.2, -0.15) is 0 Å². The fourth-order valence-electron chi connectivity index (χ4n) is 0.976. The summed E-state index contributed by atoms with van der Waals surface area (Å²) in [6, 6.07) is 3.02. The highest BCUT2D eigenvalue weighted by Crippen LogP contribution is 2.23. The number of nitrogens with zero attached hydrogens (tertiary/aromatic N) is 2. The van der Waals surface area contributed by atoms with Gasteiger partial charge in [0.15, 0.2) is 0 Å². The molecule has 0 spiro atoms. The highest BCUT2D eigenvalue weighted by molar-refractivity contribution is 9.10. The second-order valence-electron chi connectivity index (χ2n) is 2.48. The number of rotatable bonds is 1. The summed E-state index contributed by atoms with van der Waals surface area (Å²) in [7, 11) is 0. The van der Waals surface area contributed by atoms with E-state index in [0.29, 0.717) is 0 Å². The van der Waals surface area contributed by atoms with Crippen molar-refractivity contribution in [3.63, 3.8) is 0 Å². The van der Waals surface area contributed by atoms with Gasteiger partial charge in [-0.3, -0.25) is 0 Å². The molecule has 0 N–H and O–H groups in total. The van der Waals surface area contributed by atoms with Gasteiger partial charge in [-0.25, -0.2) is 8.78 Å². The molecule has 6 heteroatoms. The van der Waals surface area contributed by atoms with Crippen LogP contribution in [0.15, 0.2) is 27.4 Å². The van der Waals surface area contributed by atoms with Crippen LogP contribution in [0.1, 0.15) is 0 Å². The minimum Gasteiger partial charge on any atom is -0.411 e. The molecule has 1 aromatic heterocycles. The summed E-state index contributed by atoms with van der Waals surface area (Å²) in [6.07, 6.45) is 0. The molecule has 2 aromatic rings. The van der Waals surface area contributed by atoms with E-state index in [1.165, 1.54) is 0 Å². The van der Waals surface area contributed by atoms with E-state index in [4.69, 9.17) is 4.42 Å². The molecule has 0 unspecified atom stereocenters. The zero-order valence-electron chi connectivity index (χ0n) is 6.67. The topological polar surface area (TPSA) is 38.9 Å². The standard InChI is InChI=1S/C8H3BrF2N2O/c9-8-13-12-7(14-8)5-3-4(10)1-2-6(5)11/h1-3H. The first-order valence-corrected chi connectivity index (χ1v) is 4.40. The zero-order valence-corrected chi connectivity index (χ0v) is 8.25. The van der Waals surface area contributed by atoms with E-state index in [9.17, 15) is 8.78 Å². The van der Waals surface area contributed by atoms with Crippen molar-refractivity contribution < 1.29 is 13.2 Å². The second kappa shape index (κ2) is 3.45. The second-order valence-corrected chi connectivity index (χ2v) is 3.16. The first-order chi connectivity index (χ1) is 6.66. The summed E-state index contributed by atoms with van der Waals surface area (Å²) in [5.74, 6) is -1.23. The molecule has 2 rings (SSSR count). The van der Waals surface area contributed by atoms with E-state index in [1.807, 2.05) is 0 Å². The largest absolute Gasteiger partial charge is 0.411 e. The van der Waals surface area contributed by atoms with Gasteiger partial charge in [0, 0.05) is 15.9 Å². The van der Waals surface area contributed by atoms with E-state index < -0.39 is 11.6 Å². The van der Waals surface area contributed by atoms with Gasteiger partial charge >= 0.3 is 0 Å². The van der Waals surface area contributed by atoms with Crippen molar-refractivity contribution in [1.82, 2.24) is 10.2 Å². The van der Waals surface area contributed by atoms with Crippen LogP contribution in [0.5, 0.6) is 0 Å². The average molecular weight is 261 g/mol. The molecule has 0 aliphatic rings. The molecule has 0 radical (unpaired) electrons. The van der Waals surface area contributed by atoms with Gasteiger partial charge in [-0.1, -0.05) is 0 Å². The van der Waals surface area contributed by atoms with Gasteiger partial charge < -0.3 is 4.42 Å². The fraction of sp³-hybridized carbons (Fsp3) is 0. The van der Waals surface area contributed by atoms with Crippen LogP contribution in [0.2, 0.25) is 0 Å². The average Bonchev–Trinajstić information content (AvgIpc) is 2.56. The number of hydrogen-bond acceptors (Lipinski definition) is 3. The highest BCUT2D eigenvalue weighted by Gasteiger charge is 2.12. The summed E-state index contributed by atoms with van der Waals surface area (Å²) >= 11 is 2.92. The molecule has 0 atom stereocenters. The van der Waals surface area contributed by atoms with E-state index in [-0.39, 0.29) is 16.3 Å². The van der Waals surface area contributed by atoms with Gasteiger partial charge in [-0.15, -0.1) is 10.2 Å². The lowest BCUT2D eigenvalue weighted by Crippen LogP contribution is -1.86. The minimum atomic E-state index is -0.609. The van der Waals surface area contributed by atoms with Gasteiger partial charge in [-0.05, 0) is 18.2 Å². The first-order valence-electron chi connectivity index (χ1n) is 3.61. The van der Waals surface area contributed by atoms with Crippen molar-refractivity contribution in [2.45, 2.75) is 0 Å². The van der Waals surface area contributed by atoms with Crippen LogP contribution in [0.3, 0.4) is 0 Å². The van der Waals surface area contributed by atoms with E-state index in [2.05, 4.69) is 26.1 Å². The van der Waals surface area contributed by atoms with Gasteiger partial charge in [0.25, 0.3) is 10.7 Å². The van der Waals surface area contributed by atoms with Crippen LogP contribution in [-0.4, -0.2) is 10.2 Å². The normalized spacial score (nSPS) is 10.5. The molecular formula is C8H3BrF2N2O. The lowest BCUT2D eigenvalue weighted by molar-refractivity contribution is 0.530. The van der Waals surface area contributed by atoms with Crippen LogP contribution in [-0.2, 0) is 0 Å². The molecule has 0 amide bonds. The van der Waals surface area contributed by atoms with Crippen LogP contribution >= 0.6 is 15.9 Å².